The summed E-state index contributed by atoms with van der Waals surface area (Å²) in [6.07, 6.45) is 0. The molecule has 0 spiro atoms. The molecule has 8 heteroatoms. The monoisotopic (exact) mass is 290 g/mol. The first-order chi connectivity index (χ1) is 9.54. The predicted octanol–water partition coefficient (Wildman–Crippen LogP) is 2.16. The fourth-order valence-electron chi connectivity index (χ4n) is 1.71. The average molecular weight is 290 g/mol. The average Bonchev–Trinajstić information content (AvgIpc) is 2.99. The topological polar surface area (TPSA) is 118 Å². The molecule has 2 aromatic heterocycles. The minimum atomic E-state index is -0.243. The summed E-state index contributed by atoms with van der Waals surface area (Å²) in [5, 5.41) is 23.0. The van der Waals surface area contributed by atoms with E-state index in [4.69, 9.17) is 10.3 Å². The normalized spacial score (nSPS) is 10.8. The summed E-state index contributed by atoms with van der Waals surface area (Å²) in [6.45, 7) is 1.80. The quantitative estimate of drug-likeness (QED) is 0.619. The molecule has 0 unspecified atom stereocenters. The van der Waals surface area contributed by atoms with E-state index < -0.39 is 0 Å². The van der Waals surface area contributed by atoms with Crippen molar-refractivity contribution in [2.45, 2.75) is 6.92 Å². The Balaban J connectivity index is 2.01. The van der Waals surface area contributed by atoms with Crippen molar-refractivity contribution in [1.82, 2.24) is 15.1 Å². The van der Waals surface area contributed by atoms with Crippen LogP contribution < -0.4 is 5.73 Å². The second-order valence-electron chi connectivity index (χ2n) is 4.09. The van der Waals surface area contributed by atoms with Crippen LogP contribution >= 0.6 is 11.3 Å². The van der Waals surface area contributed by atoms with Gasteiger partial charge in [0.2, 0.25) is 5.82 Å². The number of phenols is 2. The molecule has 0 radical (unpaired) electrons. The third-order valence-corrected chi connectivity index (χ3v) is 3.64. The van der Waals surface area contributed by atoms with E-state index in [1.54, 1.807) is 13.0 Å². The zero-order valence-electron chi connectivity index (χ0n) is 10.4. The largest absolute Gasteiger partial charge is 0.504 e. The fourth-order valence-corrected chi connectivity index (χ4v) is 2.47. The van der Waals surface area contributed by atoms with E-state index in [2.05, 4.69) is 15.1 Å². The number of aromatic nitrogens is 3. The van der Waals surface area contributed by atoms with Gasteiger partial charge < -0.3 is 20.5 Å². The van der Waals surface area contributed by atoms with Crippen LogP contribution in [0.1, 0.15) is 5.69 Å². The third-order valence-electron chi connectivity index (χ3n) is 2.67. The molecule has 102 valence electrons. The van der Waals surface area contributed by atoms with Gasteiger partial charge in [0, 0.05) is 5.56 Å². The number of phenolic OH excluding ortho intramolecular Hbond substituents is 2. The zero-order chi connectivity index (χ0) is 14.3. The van der Waals surface area contributed by atoms with Gasteiger partial charge in [-0.15, -0.1) is 0 Å². The van der Waals surface area contributed by atoms with Crippen LogP contribution in [0.2, 0.25) is 0 Å². The predicted molar refractivity (Wildman–Crippen MR) is 73.3 cm³/mol. The van der Waals surface area contributed by atoms with E-state index in [1.165, 1.54) is 23.5 Å². The van der Waals surface area contributed by atoms with Gasteiger partial charge >= 0.3 is 0 Å². The number of anilines is 1. The highest BCUT2D eigenvalue weighted by Gasteiger charge is 2.16. The number of thiazole rings is 1. The van der Waals surface area contributed by atoms with Gasteiger partial charge in [-0.25, -0.2) is 4.98 Å². The Morgan fingerprint density at radius 1 is 1.20 bits per heavy atom. The summed E-state index contributed by atoms with van der Waals surface area (Å²) in [7, 11) is 0. The smallest absolute Gasteiger partial charge is 0.270 e. The molecule has 0 aliphatic heterocycles. The van der Waals surface area contributed by atoms with Crippen LogP contribution in [0.4, 0.5) is 5.13 Å². The highest BCUT2D eigenvalue weighted by atomic mass is 32.1. The highest BCUT2D eigenvalue weighted by Crippen LogP contribution is 2.33. The van der Waals surface area contributed by atoms with Crippen molar-refractivity contribution in [3.8, 4) is 33.7 Å². The lowest BCUT2D eigenvalue weighted by Gasteiger charge is -1.98. The Bertz CT molecular complexity index is 781. The van der Waals surface area contributed by atoms with Gasteiger partial charge in [-0.3, -0.25) is 0 Å². The van der Waals surface area contributed by atoms with Crippen LogP contribution in [0, 0.1) is 6.92 Å². The molecule has 0 bridgehead atoms. The van der Waals surface area contributed by atoms with Crippen molar-refractivity contribution >= 4 is 16.5 Å². The molecule has 0 fully saturated rings. The maximum absolute atomic E-state index is 9.47. The summed E-state index contributed by atoms with van der Waals surface area (Å²) in [6, 6.07) is 4.30. The van der Waals surface area contributed by atoms with Gasteiger partial charge in [-0.2, -0.15) is 4.98 Å². The summed E-state index contributed by atoms with van der Waals surface area (Å²) < 4.78 is 5.18. The van der Waals surface area contributed by atoms with Crippen molar-refractivity contribution in [1.29, 1.82) is 0 Å². The molecule has 0 atom stereocenters. The highest BCUT2D eigenvalue weighted by molar-refractivity contribution is 7.18. The van der Waals surface area contributed by atoms with Gasteiger partial charge in [0.1, 0.15) is 4.88 Å². The Labute approximate surface area is 117 Å². The van der Waals surface area contributed by atoms with Crippen LogP contribution in [0.15, 0.2) is 22.7 Å². The van der Waals surface area contributed by atoms with E-state index in [0.29, 0.717) is 27.3 Å². The lowest BCUT2D eigenvalue weighted by atomic mass is 10.2. The van der Waals surface area contributed by atoms with E-state index in [1.807, 2.05) is 0 Å². The van der Waals surface area contributed by atoms with Gasteiger partial charge in [0.05, 0.1) is 5.69 Å². The molecule has 0 amide bonds. The second-order valence-corrected chi connectivity index (χ2v) is 5.12. The van der Waals surface area contributed by atoms with Crippen molar-refractivity contribution < 1.29 is 14.7 Å². The number of aromatic hydroxyl groups is 2. The van der Waals surface area contributed by atoms with Crippen LogP contribution in [0.25, 0.3) is 22.2 Å². The molecule has 0 saturated heterocycles. The standard InChI is InChI=1S/C12H10N4O3S/c1-5-9(20-12(13)14-5)11-15-10(16-19-11)6-2-3-7(17)8(18)4-6/h2-4,17-18H,1H3,(H2,13,14). The first kappa shape index (κ1) is 12.4. The molecule has 2 heterocycles. The van der Waals surface area contributed by atoms with Crippen molar-refractivity contribution in [3.05, 3.63) is 23.9 Å². The first-order valence-electron chi connectivity index (χ1n) is 5.64. The lowest BCUT2D eigenvalue weighted by Crippen LogP contribution is -1.82. The van der Waals surface area contributed by atoms with Gasteiger partial charge in [-0.05, 0) is 25.1 Å². The molecular weight excluding hydrogens is 280 g/mol. The zero-order valence-corrected chi connectivity index (χ0v) is 11.2. The minimum absolute atomic E-state index is 0.205. The fraction of sp³-hybridized carbons (Fsp3) is 0.0833. The molecular formula is C12H10N4O3S. The first-order valence-corrected chi connectivity index (χ1v) is 6.45. The van der Waals surface area contributed by atoms with Gasteiger partial charge in [-0.1, -0.05) is 16.5 Å². The van der Waals surface area contributed by atoms with Crippen LogP contribution in [-0.4, -0.2) is 25.3 Å². The Morgan fingerprint density at radius 3 is 2.65 bits per heavy atom. The summed E-state index contributed by atoms with van der Waals surface area (Å²) in [5.41, 5.74) is 6.88. The Kier molecular flexibility index (Phi) is 2.79. The molecule has 0 aliphatic rings. The number of nitrogens with two attached hydrogens (primary N) is 1. The van der Waals surface area contributed by atoms with Crippen LogP contribution in [0.5, 0.6) is 11.5 Å². The summed E-state index contributed by atoms with van der Waals surface area (Å²) >= 11 is 1.26. The molecule has 1 aromatic carbocycles. The Morgan fingerprint density at radius 2 is 2.00 bits per heavy atom. The number of rotatable bonds is 2. The van der Waals surface area contributed by atoms with E-state index in [-0.39, 0.29) is 11.5 Å². The van der Waals surface area contributed by atoms with Crippen LogP contribution in [-0.2, 0) is 0 Å². The van der Waals surface area contributed by atoms with E-state index in [0.717, 1.165) is 5.69 Å². The van der Waals surface area contributed by atoms with Gasteiger partial charge in [0.25, 0.3) is 5.89 Å². The maximum Gasteiger partial charge on any atom is 0.270 e. The molecule has 3 rings (SSSR count). The summed E-state index contributed by atoms with van der Waals surface area (Å²) in [5.74, 6) is 0.177. The molecule has 0 saturated carbocycles. The molecule has 7 nitrogen and oxygen atoms in total. The number of hydrogen-bond acceptors (Lipinski definition) is 8. The number of nitrogens with zero attached hydrogens (tertiary/aromatic N) is 3. The second kappa shape index (κ2) is 4.49. The Hall–Kier alpha value is -2.61. The van der Waals surface area contributed by atoms with Crippen LogP contribution in [0.3, 0.4) is 0 Å². The van der Waals surface area contributed by atoms with E-state index in [9.17, 15) is 10.2 Å². The number of nitrogen functional groups attached to an aromatic ring is 1. The molecule has 3 aromatic rings. The molecule has 20 heavy (non-hydrogen) atoms. The SMILES string of the molecule is Cc1nc(N)sc1-c1nc(-c2ccc(O)c(O)c2)no1. The minimum Gasteiger partial charge on any atom is -0.504 e. The number of aryl methyl sites for hydroxylation is 1. The van der Waals surface area contributed by atoms with Crippen molar-refractivity contribution in [3.63, 3.8) is 0 Å². The number of benzene rings is 1. The third kappa shape index (κ3) is 2.05. The van der Waals surface area contributed by atoms with Gasteiger partial charge in [0.15, 0.2) is 16.6 Å². The lowest BCUT2D eigenvalue weighted by molar-refractivity contribution is 0.404. The number of hydrogen-bond donors (Lipinski definition) is 3. The van der Waals surface area contributed by atoms with E-state index >= 15 is 0 Å². The van der Waals surface area contributed by atoms with Crippen molar-refractivity contribution in [2.24, 2.45) is 0 Å². The molecule has 0 aliphatic carbocycles. The molecule has 4 N–H and O–H groups in total. The summed E-state index contributed by atoms with van der Waals surface area (Å²) in [4.78, 5) is 9.04. The maximum atomic E-state index is 9.47. The van der Waals surface area contributed by atoms with Crippen molar-refractivity contribution in [2.75, 3.05) is 5.73 Å².